The lowest BCUT2D eigenvalue weighted by Crippen LogP contribution is -2.30. The molecule has 5 rings (SSSR count). The highest BCUT2D eigenvalue weighted by atomic mass is 19.1. The van der Waals surface area contributed by atoms with Crippen molar-refractivity contribution in [2.24, 2.45) is 0 Å². The quantitative estimate of drug-likeness (QED) is 0.240. The molecule has 8 heteroatoms. The van der Waals surface area contributed by atoms with Crippen LogP contribution in [0.25, 0.3) is 16.7 Å². The van der Waals surface area contributed by atoms with Crippen molar-refractivity contribution in [3.8, 4) is 5.75 Å². The van der Waals surface area contributed by atoms with Crippen molar-refractivity contribution in [3.05, 3.63) is 101 Å². The van der Waals surface area contributed by atoms with Crippen LogP contribution in [0.1, 0.15) is 17.2 Å². The number of anilines is 1. The number of aromatic amines is 1. The van der Waals surface area contributed by atoms with Crippen LogP contribution in [0.3, 0.4) is 0 Å². The predicted molar refractivity (Wildman–Crippen MR) is 118 cm³/mol. The fourth-order valence-electron chi connectivity index (χ4n) is 4.14. The number of phenols is 1. The number of amides is 1. The molecule has 33 heavy (non-hydrogen) atoms. The van der Waals surface area contributed by atoms with Gasteiger partial charge in [0.1, 0.15) is 23.1 Å². The van der Waals surface area contributed by atoms with E-state index in [1.807, 2.05) is 0 Å². The van der Waals surface area contributed by atoms with Gasteiger partial charge in [-0.25, -0.2) is 8.78 Å². The zero-order chi connectivity index (χ0) is 23.3. The normalized spacial score (nSPS) is 17.8. The van der Waals surface area contributed by atoms with Crippen molar-refractivity contribution < 1.29 is 28.6 Å². The molecule has 0 bridgehead atoms. The summed E-state index contributed by atoms with van der Waals surface area (Å²) in [5.74, 6) is -4.45. The largest absolute Gasteiger partial charge is 0.508 e. The Morgan fingerprint density at radius 2 is 1.70 bits per heavy atom. The van der Waals surface area contributed by atoms with Crippen LogP contribution in [0.2, 0.25) is 0 Å². The number of halogens is 2. The van der Waals surface area contributed by atoms with Gasteiger partial charge in [-0.05, 0) is 35.9 Å². The van der Waals surface area contributed by atoms with Crippen LogP contribution in [-0.2, 0) is 9.59 Å². The Labute approximate surface area is 186 Å². The molecule has 3 aromatic carbocycles. The molecule has 0 aliphatic carbocycles. The van der Waals surface area contributed by atoms with Crippen LogP contribution < -0.4 is 4.90 Å². The molecule has 1 amide bonds. The van der Waals surface area contributed by atoms with Gasteiger partial charge in [0.15, 0.2) is 0 Å². The number of para-hydroxylation sites is 1. The summed E-state index contributed by atoms with van der Waals surface area (Å²) < 4.78 is 28.2. The van der Waals surface area contributed by atoms with Gasteiger partial charge in [0.2, 0.25) is 0 Å². The number of H-pyrrole nitrogens is 1. The van der Waals surface area contributed by atoms with E-state index in [-0.39, 0.29) is 17.0 Å². The molecule has 4 aromatic rings. The van der Waals surface area contributed by atoms with Crippen molar-refractivity contribution >= 4 is 34.0 Å². The summed E-state index contributed by atoms with van der Waals surface area (Å²) in [7, 11) is 0. The number of benzene rings is 3. The highest BCUT2D eigenvalue weighted by Crippen LogP contribution is 2.43. The SMILES string of the molecule is O=C1C(=O)N(c2ccc(F)cc2F)C(c2ccc(O)cc2)/C1=C(/O)c1c[nH]c2ccccc12. The fourth-order valence-corrected chi connectivity index (χ4v) is 4.14. The number of hydrogen-bond donors (Lipinski definition) is 3. The Balaban J connectivity index is 1.77. The molecule has 2 heterocycles. The monoisotopic (exact) mass is 446 g/mol. The zero-order valence-corrected chi connectivity index (χ0v) is 16.9. The summed E-state index contributed by atoms with van der Waals surface area (Å²) in [5.41, 5.74) is 0.789. The summed E-state index contributed by atoms with van der Waals surface area (Å²) in [6.45, 7) is 0. The first kappa shape index (κ1) is 20.4. The van der Waals surface area contributed by atoms with E-state index >= 15 is 0 Å². The molecule has 0 spiro atoms. The van der Waals surface area contributed by atoms with Crippen molar-refractivity contribution in [2.45, 2.75) is 6.04 Å². The van der Waals surface area contributed by atoms with Crippen LogP contribution in [0.15, 0.2) is 78.5 Å². The second kappa shape index (κ2) is 7.59. The van der Waals surface area contributed by atoms with Crippen LogP contribution in [0.5, 0.6) is 5.75 Å². The minimum Gasteiger partial charge on any atom is -0.508 e. The van der Waals surface area contributed by atoms with Crippen LogP contribution in [0, 0.1) is 11.6 Å². The molecule has 6 nitrogen and oxygen atoms in total. The molecule has 1 unspecified atom stereocenters. The van der Waals surface area contributed by atoms with E-state index in [1.54, 1.807) is 24.3 Å². The van der Waals surface area contributed by atoms with E-state index < -0.39 is 35.1 Å². The van der Waals surface area contributed by atoms with Gasteiger partial charge in [0.25, 0.3) is 11.7 Å². The van der Waals surface area contributed by atoms with Crippen molar-refractivity contribution in [3.63, 3.8) is 0 Å². The first-order valence-electron chi connectivity index (χ1n) is 9.98. The van der Waals surface area contributed by atoms with Gasteiger partial charge in [0.05, 0.1) is 17.3 Å². The third-order valence-electron chi connectivity index (χ3n) is 5.67. The van der Waals surface area contributed by atoms with Gasteiger partial charge in [-0.3, -0.25) is 14.5 Å². The van der Waals surface area contributed by atoms with Crippen LogP contribution in [-0.4, -0.2) is 26.9 Å². The number of aromatic nitrogens is 1. The predicted octanol–water partition coefficient (Wildman–Crippen LogP) is 4.78. The Bertz CT molecular complexity index is 1460. The number of hydrogen-bond acceptors (Lipinski definition) is 4. The highest BCUT2D eigenvalue weighted by molar-refractivity contribution is 6.51. The Hall–Kier alpha value is -4.46. The van der Waals surface area contributed by atoms with Gasteiger partial charge >= 0.3 is 0 Å². The second-order valence-corrected chi connectivity index (χ2v) is 7.60. The van der Waals surface area contributed by atoms with Crippen molar-refractivity contribution in [1.29, 1.82) is 0 Å². The molecule has 1 aliphatic rings. The number of aromatic hydroxyl groups is 1. The number of Topliss-reactive ketones (excluding diaryl/α,β-unsaturated/α-hetero) is 1. The highest BCUT2D eigenvalue weighted by Gasteiger charge is 2.48. The molecule has 3 N–H and O–H groups in total. The molecule has 1 aromatic heterocycles. The standard InChI is InChI=1S/C25H16F2N2O4/c26-14-7-10-20(18(27)11-14)29-22(13-5-8-15(30)9-6-13)21(24(32)25(29)33)23(31)17-12-28-19-4-2-1-3-16(17)19/h1-12,22,28,30-31H/b23-21-. The van der Waals surface area contributed by atoms with Crippen LogP contribution in [0.4, 0.5) is 14.5 Å². The Kier molecular flexibility index (Phi) is 4.70. The van der Waals surface area contributed by atoms with E-state index in [4.69, 9.17) is 0 Å². The maximum absolute atomic E-state index is 14.7. The summed E-state index contributed by atoms with van der Waals surface area (Å²) in [5, 5.41) is 21.5. The molecular formula is C25H16F2N2O4. The first-order valence-corrected chi connectivity index (χ1v) is 9.98. The lowest BCUT2D eigenvalue weighted by atomic mass is 9.95. The number of nitrogens with one attached hydrogen (secondary N) is 1. The lowest BCUT2D eigenvalue weighted by Gasteiger charge is -2.25. The average Bonchev–Trinajstić information content (AvgIpc) is 3.34. The topological polar surface area (TPSA) is 93.6 Å². The number of nitrogens with zero attached hydrogens (tertiary/aromatic N) is 1. The molecule has 0 saturated carbocycles. The first-order chi connectivity index (χ1) is 15.9. The minimum atomic E-state index is -1.21. The van der Waals surface area contributed by atoms with Gasteiger partial charge in [-0.2, -0.15) is 0 Å². The molecular weight excluding hydrogens is 430 g/mol. The third-order valence-corrected chi connectivity index (χ3v) is 5.67. The number of carbonyl (C=O) groups excluding carboxylic acids is 2. The smallest absolute Gasteiger partial charge is 0.300 e. The zero-order valence-electron chi connectivity index (χ0n) is 16.9. The number of aliphatic hydroxyl groups excluding tert-OH is 1. The van der Waals surface area contributed by atoms with E-state index in [2.05, 4.69) is 4.98 Å². The summed E-state index contributed by atoms with van der Waals surface area (Å²) in [6, 6.07) is 14.2. The molecule has 164 valence electrons. The number of fused-ring (bicyclic) bond motifs is 1. The fraction of sp³-hybridized carbons (Fsp3) is 0.0400. The second-order valence-electron chi connectivity index (χ2n) is 7.60. The van der Waals surface area contributed by atoms with E-state index in [0.29, 0.717) is 28.1 Å². The van der Waals surface area contributed by atoms with E-state index in [1.165, 1.54) is 30.5 Å². The van der Waals surface area contributed by atoms with Gasteiger partial charge in [-0.15, -0.1) is 0 Å². The molecule has 1 atom stereocenters. The van der Waals surface area contributed by atoms with Crippen molar-refractivity contribution in [2.75, 3.05) is 4.90 Å². The molecule has 0 radical (unpaired) electrons. The number of aliphatic hydroxyl groups is 1. The number of rotatable bonds is 3. The minimum absolute atomic E-state index is 0.0553. The van der Waals surface area contributed by atoms with Crippen molar-refractivity contribution in [1.82, 2.24) is 4.98 Å². The third kappa shape index (κ3) is 3.23. The molecule has 1 fully saturated rings. The number of phenolic OH excluding ortho intramolecular Hbond substituents is 1. The summed E-state index contributed by atoms with van der Waals surface area (Å²) in [6.07, 6.45) is 1.51. The number of carbonyl (C=O) groups is 2. The average molecular weight is 446 g/mol. The van der Waals surface area contributed by atoms with E-state index in [0.717, 1.165) is 17.0 Å². The molecule has 1 saturated heterocycles. The van der Waals surface area contributed by atoms with E-state index in [9.17, 15) is 28.6 Å². The van der Waals surface area contributed by atoms with Gasteiger partial charge in [0, 0.05) is 28.7 Å². The maximum atomic E-state index is 14.7. The van der Waals surface area contributed by atoms with Gasteiger partial charge < -0.3 is 15.2 Å². The lowest BCUT2D eigenvalue weighted by molar-refractivity contribution is -0.132. The van der Waals surface area contributed by atoms with Crippen LogP contribution >= 0.6 is 0 Å². The molecule has 1 aliphatic heterocycles. The Morgan fingerprint density at radius 1 is 0.970 bits per heavy atom. The van der Waals surface area contributed by atoms with Gasteiger partial charge in [-0.1, -0.05) is 30.3 Å². The number of ketones is 1. The summed E-state index contributed by atoms with van der Waals surface area (Å²) in [4.78, 5) is 30.1. The Morgan fingerprint density at radius 3 is 2.42 bits per heavy atom. The summed E-state index contributed by atoms with van der Waals surface area (Å²) >= 11 is 0. The maximum Gasteiger partial charge on any atom is 0.300 e.